The molecule has 106 valence electrons. The number of carbonyl (C=O) groups is 1. The lowest BCUT2D eigenvalue weighted by molar-refractivity contribution is -0.138. The SMILES string of the molecule is Cc1cc(C2CCCN2C(=O)C(CN)C(C)C)on1. The van der Waals surface area contributed by atoms with Crippen molar-refractivity contribution >= 4 is 5.91 Å². The van der Waals surface area contributed by atoms with Crippen LogP contribution in [-0.2, 0) is 4.79 Å². The number of amides is 1. The zero-order chi connectivity index (χ0) is 14.0. The zero-order valence-electron chi connectivity index (χ0n) is 11.9. The molecule has 5 heteroatoms. The molecule has 2 unspecified atom stereocenters. The highest BCUT2D eigenvalue weighted by Gasteiger charge is 2.36. The number of nitrogens with two attached hydrogens (primary N) is 1. The second kappa shape index (κ2) is 5.74. The van der Waals surface area contributed by atoms with Crippen molar-refractivity contribution < 1.29 is 9.32 Å². The minimum absolute atomic E-state index is 0.0292. The predicted octanol–water partition coefficient (Wildman–Crippen LogP) is 1.88. The predicted molar refractivity (Wildman–Crippen MR) is 72.3 cm³/mol. The van der Waals surface area contributed by atoms with Crippen LogP contribution in [0.5, 0.6) is 0 Å². The smallest absolute Gasteiger partial charge is 0.227 e. The number of rotatable bonds is 4. The first-order chi connectivity index (χ1) is 9.04. The molecule has 2 atom stereocenters. The van der Waals surface area contributed by atoms with E-state index in [1.165, 1.54) is 0 Å². The maximum atomic E-state index is 12.6. The lowest BCUT2D eigenvalue weighted by Crippen LogP contribution is -2.41. The van der Waals surface area contributed by atoms with E-state index in [1.54, 1.807) is 0 Å². The maximum Gasteiger partial charge on any atom is 0.227 e. The third-order valence-corrected chi connectivity index (χ3v) is 3.89. The Labute approximate surface area is 114 Å². The van der Waals surface area contributed by atoms with Gasteiger partial charge in [-0.25, -0.2) is 0 Å². The van der Waals surface area contributed by atoms with Crippen LogP contribution in [0.1, 0.15) is 44.2 Å². The molecule has 1 saturated heterocycles. The van der Waals surface area contributed by atoms with Gasteiger partial charge >= 0.3 is 0 Å². The molecular weight excluding hydrogens is 242 g/mol. The van der Waals surface area contributed by atoms with E-state index in [0.717, 1.165) is 30.8 Å². The molecule has 0 saturated carbocycles. The molecule has 2 N–H and O–H groups in total. The van der Waals surface area contributed by atoms with Crippen molar-refractivity contribution in [1.29, 1.82) is 0 Å². The third kappa shape index (κ3) is 2.81. The van der Waals surface area contributed by atoms with Crippen molar-refractivity contribution in [3.8, 4) is 0 Å². The summed E-state index contributed by atoms with van der Waals surface area (Å²) in [5.74, 6) is 1.09. The molecule has 1 aromatic rings. The fourth-order valence-electron chi connectivity index (χ4n) is 2.74. The van der Waals surface area contributed by atoms with Gasteiger partial charge in [-0.05, 0) is 25.7 Å². The first-order valence-corrected chi connectivity index (χ1v) is 6.98. The quantitative estimate of drug-likeness (QED) is 0.902. The number of likely N-dealkylation sites (tertiary alicyclic amines) is 1. The van der Waals surface area contributed by atoms with E-state index < -0.39 is 0 Å². The fourth-order valence-corrected chi connectivity index (χ4v) is 2.74. The number of hydrogen-bond donors (Lipinski definition) is 1. The number of aryl methyl sites for hydroxylation is 1. The van der Waals surface area contributed by atoms with Crippen molar-refractivity contribution in [3.63, 3.8) is 0 Å². The standard InChI is InChI=1S/C14H23N3O2/c1-9(2)11(8-15)14(18)17-6-4-5-12(17)13-7-10(3)16-19-13/h7,9,11-12H,4-6,8,15H2,1-3H3. The number of nitrogens with zero attached hydrogens (tertiary/aromatic N) is 2. The van der Waals surface area contributed by atoms with Gasteiger partial charge in [-0.1, -0.05) is 19.0 Å². The van der Waals surface area contributed by atoms with Gasteiger partial charge in [0.2, 0.25) is 5.91 Å². The van der Waals surface area contributed by atoms with Crippen molar-refractivity contribution in [2.75, 3.05) is 13.1 Å². The van der Waals surface area contributed by atoms with E-state index in [0.29, 0.717) is 6.54 Å². The molecule has 1 aromatic heterocycles. The van der Waals surface area contributed by atoms with Crippen molar-refractivity contribution in [2.45, 2.75) is 39.7 Å². The molecule has 0 bridgehead atoms. The Bertz CT molecular complexity index is 442. The van der Waals surface area contributed by atoms with E-state index in [2.05, 4.69) is 5.16 Å². The van der Waals surface area contributed by atoms with Gasteiger partial charge in [0.05, 0.1) is 17.7 Å². The molecule has 5 nitrogen and oxygen atoms in total. The summed E-state index contributed by atoms with van der Waals surface area (Å²) >= 11 is 0. The highest BCUT2D eigenvalue weighted by Crippen LogP contribution is 2.34. The third-order valence-electron chi connectivity index (χ3n) is 3.89. The molecule has 19 heavy (non-hydrogen) atoms. The normalized spacial score (nSPS) is 21.1. The molecule has 1 fully saturated rings. The second-order valence-corrected chi connectivity index (χ2v) is 5.65. The average molecular weight is 265 g/mol. The molecule has 1 aliphatic rings. The zero-order valence-corrected chi connectivity index (χ0v) is 11.9. The summed E-state index contributed by atoms with van der Waals surface area (Å²) in [6.45, 7) is 7.16. The van der Waals surface area contributed by atoms with Crippen LogP contribution >= 0.6 is 0 Å². The summed E-state index contributed by atoms with van der Waals surface area (Å²) in [5.41, 5.74) is 6.60. The first kappa shape index (κ1) is 14.1. The Morgan fingerprint density at radius 1 is 1.63 bits per heavy atom. The molecule has 0 radical (unpaired) electrons. The lowest BCUT2D eigenvalue weighted by atomic mass is 9.94. The fraction of sp³-hybridized carbons (Fsp3) is 0.714. The first-order valence-electron chi connectivity index (χ1n) is 6.98. The van der Waals surface area contributed by atoms with Crippen molar-refractivity contribution in [2.24, 2.45) is 17.6 Å². The Hall–Kier alpha value is -1.36. The summed E-state index contributed by atoms with van der Waals surface area (Å²) in [6.07, 6.45) is 1.95. The summed E-state index contributed by atoms with van der Waals surface area (Å²) in [5, 5.41) is 3.92. The van der Waals surface area contributed by atoms with Gasteiger partial charge in [-0.3, -0.25) is 4.79 Å². The van der Waals surface area contributed by atoms with Crippen LogP contribution in [0.4, 0.5) is 0 Å². The Balaban J connectivity index is 2.16. The number of carbonyl (C=O) groups excluding carboxylic acids is 1. The maximum absolute atomic E-state index is 12.6. The van der Waals surface area contributed by atoms with Crippen LogP contribution in [0, 0.1) is 18.8 Å². The van der Waals surface area contributed by atoms with Gasteiger partial charge in [0.15, 0.2) is 5.76 Å². The Morgan fingerprint density at radius 2 is 2.37 bits per heavy atom. The summed E-state index contributed by atoms with van der Waals surface area (Å²) in [7, 11) is 0. The van der Waals surface area contributed by atoms with Crippen molar-refractivity contribution in [1.82, 2.24) is 10.1 Å². The van der Waals surface area contributed by atoms with Gasteiger partial charge in [0.25, 0.3) is 0 Å². The van der Waals surface area contributed by atoms with E-state index in [1.807, 2.05) is 31.7 Å². The number of hydrogen-bond acceptors (Lipinski definition) is 4. The molecule has 0 aliphatic carbocycles. The molecule has 2 rings (SSSR count). The minimum atomic E-state index is -0.107. The summed E-state index contributed by atoms with van der Waals surface area (Å²) in [6, 6.07) is 1.95. The van der Waals surface area contributed by atoms with Crippen LogP contribution in [0.2, 0.25) is 0 Å². The lowest BCUT2D eigenvalue weighted by Gasteiger charge is -2.28. The molecule has 1 amide bonds. The van der Waals surface area contributed by atoms with Crippen LogP contribution in [0.3, 0.4) is 0 Å². The van der Waals surface area contributed by atoms with Crippen molar-refractivity contribution in [3.05, 3.63) is 17.5 Å². The summed E-state index contributed by atoms with van der Waals surface area (Å²) < 4.78 is 5.33. The highest BCUT2D eigenvalue weighted by molar-refractivity contribution is 5.80. The average Bonchev–Trinajstić information content (AvgIpc) is 2.96. The molecular formula is C14H23N3O2. The molecule has 0 aromatic carbocycles. The van der Waals surface area contributed by atoms with Crippen LogP contribution in [0.15, 0.2) is 10.6 Å². The molecule has 2 heterocycles. The van der Waals surface area contributed by atoms with Gasteiger partial charge in [0, 0.05) is 19.2 Å². The van der Waals surface area contributed by atoms with Gasteiger partial charge in [0.1, 0.15) is 0 Å². The number of aromatic nitrogens is 1. The van der Waals surface area contributed by atoms with Gasteiger partial charge in [-0.2, -0.15) is 0 Å². The van der Waals surface area contributed by atoms with E-state index in [-0.39, 0.29) is 23.8 Å². The Morgan fingerprint density at radius 3 is 2.89 bits per heavy atom. The van der Waals surface area contributed by atoms with Crippen LogP contribution in [0.25, 0.3) is 0 Å². The monoisotopic (exact) mass is 265 g/mol. The molecule has 1 aliphatic heterocycles. The van der Waals surface area contributed by atoms with E-state index in [4.69, 9.17) is 10.3 Å². The topological polar surface area (TPSA) is 72.4 Å². The highest BCUT2D eigenvalue weighted by atomic mass is 16.5. The van der Waals surface area contributed by atoms with Crippen LogP contribution < -0.4 is 5.73 Å². The Kier molecular flexibility index (Phi) is 4.24. The van der Waals surface area contributed by atoms with E-state index in [9.17, 15) is 4.79 Å². The summed E-state index contributed by atoms with van der Waals surface area (Å²) in [4.78, 5) is 14.5. The van der Waals surface area contributed by atoms with Gasteiger partial charge in [-0.15, -0.1) is 0 Å². The van der Waals surface area contributed by atoms with Crippen LogP contribution in [-0.4, -0.2) is 29.1 Å². The minimum Gasteiger partial charge on any atom is -0.359 e. The second-order valence-electron chi connectivity index (χ2n) is 5.65. The largest absolute Gasteiger partial charge is 0.359 e. The van der Waals surface area contributed by atoms with E-state index >= 15 is 0 Å². The van der Waals surface area contributed by atoms with Gasteiger partial charge < -0.3 is 15.2 Å². The molecule has 0 spiro atoms.